The lowest BCUT2D eigenvalue weighted by Crippen LogP contribution is -2.42. The summed E-state index contributed by atoms with van der Waals surface area (Å²) in [4.78, 5) is 19.1. The highest BCUT2D eigenvalue weighted by molar-refractivity contribution is 7.98. The summed E-state index contributed by atoms with van der Waals surface area (Å²) >= 11 is 1.69. The molecule has 4 nitrogen and oxygen atoms in total. The van der Waals surface area contributed by atoms with E-state index in [2.05, 4.69) is 18.0 Å². The van der Waals surface area contributed by atoms with E-state index >= 15 is 0 Å². The van der Waals surface area contributed by atoms with Crippen LogP contribution in [0.5, 0.6) is 0 Å². The predicted molar refractivity (Wildman–Crippen MR) is 93.6 cm³/mol. The summed E-state index contributed by atoms with van der Waals surface area (Å²) in [6.45, 7) is 3.03. The first kappa shape index (κ1) is 16.1. The Bertz CT molecular complexity index is 682. The van der Waals surface area contributed by atoms with Crippen LogP contribution in [0.4, 0.5) is 0 Å². The van der Waals surface area contributed by atoms with Gasteiger partial charge in [0, 0.05) is 43.3 Å². The Kier molecular flexibility index (Phi) is 5.06. The minimum Gasteiger partial charge on any atom is -0.336 e. The molecule has 122 valence electrons. The highest BCUT2D eigenvalue weighted by Gasteiger charge is 2.24. The van der Waals surface area contributed by atoms with Gasteiger partial charge in [-0.3, -0.25) is 4.79 Å². The number of hydrogen-bond donors (Lipinski definition) is 0. The number of likely N-dealkylation sites (tertiary alicyclic amines) is 1. The van der Waals surface area contributed by atoms with Crippen LogP contribution in [0.2, 0.25) is 0 Å². The second-order valence-electron chi connectivity index (χ2n) is 6.15. The molecule has 0 radical (unpaired) electrons. The van der Waals surface area contributed by atoms with E-state index < -0.39 is 0 Å². The van der Waals surface area contributed by atoms with Gasteiger partial charge in [0.1, 0.15) is 0 Å². The molecule has 0 aliphatic carbocycles. The summed E-state index contributed by atoms with van der Waals surface area (Å²) in [7, 11) is 1.99. The standard InChI is InChI=1S/C18H23N3OS/c1-14-6-3-4-10-21(14)17(22)16-8-5-7-15(12-16)13-23-18-19-9-11-20(18)2/h5,7-9,11-12,14H,3-4,6,10,13H2,1-2H3. The van der Waals surface area contributed by atoms with Crippen LogP contribution in [0.1, 0.15) is 42.1 Å². The number of rotatable bonds is 4. The number of imidazole rings is 1. The Morgan fingerprint density at radius 1 is 1.39 bits per heavy atom. The van der Waals surface area contributed by atoms with Crippen LogP contribution in [-0.2, 0) is 12.8 Å². The summed E-state index contributed by atoms with van der Waals surface area (Å²) in [6.07, 6.45) is 7.20. The largest absolute Gasteiger partial charge is 0.336 e. The Balaban J connectivity index is 1.69. The molecule has 1 unspecified atom stereocenters. The van der Waals surface area contributed by atoms with E-state index in [0.717, 1.165) is 41.4 Å². The third-order valence-corrected chi connectivity index (χ3v) is 5.51. The van der Waals surface area contributed by atoms with Gasteiger partial charge in [-0.1, -0.05) is 23.9 Å². The number of hydrogen-bond acceptors (Lipinski definition) is 3. The monoisotopic (exact) mass is 329 g/mol. The molecule has 3 rings (SSSR count). The van der Waals surface area contributed by atoms with Gasteiger partial charge in [0.05, 0.1) is 0 Å². The lowest BCUT2D eigenvalue weighted by Gasteiger charge is -2.33. The normalized spacial score (nSPS) is 18.2. The second kappa shape index (κ2) is 7.21. The van der Waals surface area contributed by atoms with Gasteiger partial charge in [0.2, 0.25) is 0 Å². The van der Waals surface area contributed by atoms with Crippen molar-refractivity contribution < 1.29 is 4.79 Å². The number of nitrogens with zero attached hydrogens (tertiary/aromatic N) is 3. The number of carbonyl (C=O) groups excluding carboxylic acids is 1. The Morgan fingerprint density at radius 2 is 2.26 bits per heavy atom. The molecular formula is C18H23N3OS. The van der Waals surface area contributed by atoms with Gasteiger partial charge < -0.3 is 9.47 Å². The summed E-state index contributed by atoms with van der Waals surface area (Å²) in [5.41, 5.74) is 1.96. The van der Waals surface area contributed by atoms with E-state index in [0.29, 0.717) is 6.04 Å². The number of amides is 1. The summed E-state index contributed by atoms with van der Waals surface area (Å²) in [6, 6.07) is 8.36. The van der Waals surface area contributed by atoms with Crippen molar-refractivity contribution in [1.82, 2.24) is 14.5 Å². The zero-order valence-electron chi connectivity index (χ0n) is 13.7. The Morgan fingerprint density at radius 3 is 3.00 bits per heavy atom. The van der Waals surface area contributed by atoms with Gasteiger partial charge >= 0.3 is 0 Å². The number of benzene rings is 1. The molecule has 0 spiro atoms. The fourth-order valence-corrected chi connectivity index (χ4v) is 3.87. The van der Waals surface area contributed by atoms with Crippen molar-refractivity contribution in [2.24, 2.45) is 7.05 Å². The molecule has 0 bridgehead atoms. The van der Waals surface area contributed by atoms with Crippen LogP contribution >= 0.6 is 11.8 Å². The average molecular weight is 329 g/mol. The zero-order chi connectivity index (χ0) is 16.2. The highest BCUT2D eigenvalue weighted by Crippen LogP contribution is 2.23. The van der Waals surface area contributed by atoms with Crippen LogP contribution < -0.4 is 0 Å². The van der Waals surface area contributed by atoms with E-state index in [9.17, 15) is 4.79 Å². The van der Waals surface area contributed by atoms with E-state index in [-0.39, 0.29) is 5.91 Å². The maximum Gasteiger partial charge on any atom is 0.254 e. The molecule has 1 fully saturated rings. The third-order valence-electron chi connectivity index (χ3n) is 4.38. The van der Waals surface area contributed by atoms with Crippen molar-refractivity contribution in [2.45, 2.75) is 43.1 Å². The molecule has 1 aromatic heterocycles. The van der Waals surface area contributed by atoms with E-state index in [1.54, 1.807) is 18.0 Å². The first-order chi connectivity index (χ1) is 11.1. The van der Waals surface area contributed by atoms with Gasteiger partial charge in [-0.2, -0.15) is 0 Å². The summed E-state index contributed by atoms with van der Waals surface area (Å²) in [5.74, 6) is 0.989. The van der Waals surface area contributed by atoms with Crippen molar-refractivity contribution >= 4 is 17.7 Å². The van der Waals surface area contributed by atoms with Crippen molar-refractivity contribution in [3.63, 3.8) is 0 Å². The molecule has 1 aliphatic heterocycles. The third kappa shape index (κ3) is 3.78. The zero-order valence-corrected chi connectivity index (χ0v) is 14.6. The molecule has 2 heterocycles. The van der Waals surface area contributed by atoms with Gasteiger partial charge in [-0.25, -0.2) is 4.98 Å². The number of carbonyl (C=O) groups is 1. The van der Waals surface area contributed by atoms with E-state index in [1.807, 2.05) is 40.9 Å². The fraction of sp³-hybridized carbons (Fsp3) is 0.444. The van der Waals surface area contributed by atoms with Gasteiger partial charge in [-0.05, 0) is 43.9 Å². The molecule has 5 heteroatoms. The summed E-state index contributed by atoms with van der Waals surface area (Å²) in [5, 5.41) is 0.992. The minimum absolute atomic E-state index is 0.168. The minimum atomic E-state index is 0.168. The van der Waals surface area contributed by atoms with Gasteiger partial charge in [-0.15, -0.1) is 0 Å². The van der Waals surface area contributed by atoms with Crippen LogP contribution in [-0.4, -0.2) is 32.9 Å². The molecule has 1 atom stereocenters. The number of aromatic nitrogens is 2. The molecule has 1 aliphatic rings. The Hall–Kier alpha value is -1.75. The van der Waals surface area contributed by atoms with E-state index in [1.165, 1.54) is 6.42 Å². The lowest BCUT2D eigenvalue weighted by molar-refractivity contribution is 0.0635. The maximum absolute atomic E-state index is 12.8. The number of thioether (sulfide) groups is 1. The maximum atomic E-state index is 12.8. The highest BCUT2D eigenvalue weighted by atomic mass is 32.2. The van der Waals surface area contributed by atoms with Gasteiger partial charge in [0.15, 0.2) is 5.16 Å². The average Bonchev–Trinajstić information content (AvgIpc) is 2.98. The van der Waals surface area contributed by atoms with Crippen LogP contribution in [0.25, 0.3) is 0 Å². The molecule has 1 saturated heterocycles. The lowest BCUT2D eigenvalue weighted by atomic mass is 10.0. The molecule has 2 aromatic rings. The molecule has 23 heavy (non-hydrogen) atoms. The van der Waals surface area contributed by atoms with Crippen molar-refractivity contribution in [2.75, 3.05) is 6.54 Å². The van der Waals surface area contributed by atoms with Crippen molar-refractivity contribution in [3.05, 3.63) is 47.8 Å². The van der Waals surface area contributed by atoms with E-state index in [4.69, 9.17) is 0 Å². The number of aryl methyl sites for hydroxylation is 1. The van der Waals surface area contributed by atoms with Gasteiger partial charge in [0.25, 0.3) is 5.91 Å². The van der Waals surface area contributed by atoms with Crippen molar-refractivity contribution in [1.29, 1.82) is 0 Å². The molecule has 0 N–H and O–H groups in total. The van der Waals surface area contributed by atoms with Crippen LogP contribution in [0.15, 0.2) is 41.8 Å². The first-order valence-corrected chi connectivity index (χ1v) is 9.14. The smallest absolute Gasteiger partial charge is 0.254 e. The van der Waals surface area contributed by atoms with Crippen LogP contribution in [0.3, 0.4) is 0 Å². The Labute approximate surface area is 141 Å². The molecule has 1 amide bonds. The topological polar surface area (TPSA) is 38.1 Å². The second-order valence-corrected chi connectivity index (χ2v) is 7.10. The first-order valence-electron chi connectivity index (χ1n) is 8.15. The molecular weight excluding hydrogens is 306 g/mol. The SMILES string of the molecule is CC1CCCCN1C(=O)c1cccc(CSc2nccn2C)c1. The molecule has 0 saturated carbocycles. The predicted octanol–water partition coefficient (Wildman–Crippen LogP) is 3.73. The molecule has 1 aromatic carbocycles. The summed E-state index contributed by atoms with van der Waals surface area (Å²) < 4.78 is 2.01. The van der Waals surface area contributed by atoms with Crippen LogP contribution in [0, 0.1) is 0 Å². The van der Waals surface area contributed by atoms with Crippen molar-refractivity contribution in [3.8, 4) is 0 Å². The quantitative estimate of drug-likeness (QED) is 0.802. The number of piperidine rings is 1. The fourth-order valence-electron chi connectivity index (χ4n) is 3.00.